The van der Waals surface area contributed by atoms with Crippen LogP contribution in [-0.4, -0.2) is 25.7 Å². The number of anilines is 1. The van der Waals surface area contributed by atoms with Crippen LogP contribution in [0.5, 0.6) is 17.2 Å². The molecule has 1 aliphatic rings. The van der Waals surface area contributed by atoms with Crippen molar-refractivity contribution in [3.8, 4) is 17.2 Å². The zero-order valence-electron chi connectivity index (χ0n) is 12.9. The molecule has 5 nitrogen and oxygen atoms in total. The van der Waals surface area contributed by atoms with Gasteiger partial charge in [-0.3, -0.25) is 4.79 Å². The number of amides is 1. The zero-order valence-corrected chi connectivity index (χ0v) is 15.2. The minimum absolute atomic E-state index is 0.109. The summed E-state index contributed by atoms with van der Waals surface area (Å²) in [7, 11) is 0. The molecule has 1 amide bonds. The number of benzene rings is 2. The molecular formula is C17H15BrClNO4. The smallest absolute Gasteiger partial charge is 0.262 e. The molecule has 1 aliphatic heterocycles. The zero-order chi connectivity index (χ0) is 17.1. The molecule has 0 radical (unpaired) electrons. The highest BCUT2D eigenvalue weighted by Crippen LogP contribution is 2.38. The van der Waals surface area contributed by atoms with Crippen LogP contribution in [0.3, 0.4) is 0 Å². The highest BCUT2D eigenvalue weighted by Gasteiger charge is 2.16. The molecule has 7 heteroatoms. The molecule has 0 saturated heterocycles. The summed E-state index contributed by atoms with van der Waals surface area (Å²) >= 11 is 9.38. The number of hydrogen-bond donors (Lipinski definition) is 1. The Bertz CT molecular complexity index is 781. The van der Waals surface area contributed by atoms with Crippen molar-refractivity contribution in [2.75, 3.05) is 25.1 Å². The predicted molar refractivity (Wildman–Crippen MR) is 95.4 cm³/mol. The largest absolute Gasteiger partial charge is 0.486 e. The third kappa shape index (κ3) is 3.94. The van der Waals surface area contributed by atoms with Gasteiger partial charge in [-0.2, -0.15) is 0 Å². The van der Waals surface area contributed by atoms with Crippen molar-refractivity contribution in [3.05, 3.63) is 45.4 Å². The Labute approximate surface area is 153 Å². The second kappa shape index (κ2) is 7.32. The van der Waals surface area contributed by atoms with E-state index in [0.717, 1.165) is 5.56 Å². The first kappa shape index (κ1) is 16.9. The van der Waals surface area contributed by atoms with E-state index in [0.29, 0.717) is 45.6 Å². The number of nitrogens with one attached hydrogen (secondary N) is 1. The molecule has 3 rings (SSSR count). The van der Waals surface area contributed by atoms with E-state index in [4.69, 9.17) is 25.8 Å². The monoisotopic (exact) mass is 411 g/mol. The van der Waals surface area contributed by atoms with Gasteiger partial charge in [0.1, 0.15) is 19.0 Å². The maximum Gasteiger partial charge on any atom is 0.262 e. The van der Waals surface area contributed by atoms with Gasteiger partial charge in [-0.1, -0.05) is 11.6 Å². The normalized spacial score (nSPS) is 12.6. The van der Waals surface area contributed by atoms with Gasteiger partial charge in [-0.05, 0) is 46.6 Å². The van der Waals surface area contributed by atoms with Gasteiger partial charge in [0, 0.05) is 21.6 Å². The van der Waals surface area contributed by atoms with Gasteiger partial charge in [0.25, 0.3) is 5.91 Å². The van der Waals surface area contributed by atoms with Crippen molar-refractivity contribution >= 4 is 39.1 Å². The van der Waals surface area contributed by atoms with Crippen LogP contribution in [0.25, 0.3) is 0 Å². The molecule has 2 aromatic rings. The van der Waals surface area contributed by atoms with Gasteiger partial charge in [-0.15, -0.1) is 0 Å². The minimum Gasteiger partial charge on any atom is -0.486 e. The van der Waals surface area contributed by atoms with E-state index in [-0.39, 0.29) is 12.5 Å². The Kier molecular flexibility index (Phi) is 5.16. The third-order valence-corrected chi connectivity index (χ3v) is 4.49. The van der Waals surface area contributed by atoms with Gasteiger partial charge in [-0.25, -0.2) is 0 Å². The molecule has 0 saturated carbocycles. The van der Waals surface area contributed by atoms with E-state index in [2.05, 4.69) is 21.2 Å². The summed E-state index contributed by atoms with van der Waals surface area (Å²) in [6, 6.07) is 8.75. The first-order valence-corrected chi connectivity index (χ1v) is 8.48. The van der Waals surface area contributed by atoms with Gasteiger partial charge >= 0.3 is 0 Å². The maximum atomic E-state index is 12.1. The van der Waals surface area contributed by atoms with E-state index in [1.54, 1.807) is 30.3 Å². The lowest BCUT2D eigenvalue weighted by molar-refractivity contribution is -0.118. The predicted octanol–water partition coefficient (Wildman–Crippen LogP) is 4.20. The molecule has 0 unspecified atom stereocenters. The summed E-state index contributed by atoms with van der Waals surface area (Å²) in [4.78, 5) is 12.1. The standard InChI is InChI=1S/C17H15BrClNO4/c1-10-6-11(2-3-13(10)19)24-9-17(21)20-14-8-16-15(7-12(14)18)22-4-5-23-16/h2-3,6-8H,4-5,9H2,1H3,(H,20,21). The number of halogens is 2. The summed E-state index contributed by atoms with van der Waals surface area (Å²) < 4.78 is 17.2. The van der Waals surface area contributed by atoms with E-state index >= 15 is 0 Å². The van der Waals surface area contributed by atoms with E-state index in [1.807, 2.05) is 6.92 Å². The number of ether oxygens (including phenoxy) is 3. The van der Waals surface area contributed by atoms with E-state index in [9.17, 15) is 4.79 Å². The molecule has 0 aromatic heterocycles. The van der Waals surface area contributed by atoms with E-state index < -0.39 is 0 Å². The number of carbonyl (C=O) groups is 1. The Balaban J connectivity index is 1.63. The summed E-state index contributed by atoms with van der Waals surface area (Å²) in [5.74, 6) is 1.57. The molecule has 2 aromatic carbocycles. The highest BCUT2D eigenvalue weighted by atomic mass is 79.9. The molecule has 0 atom stereocenters. The van der Waals surface area contributed by atoms with Crippen LogP contribution in [-0.2, 0) is 4.79 Å². The molecule has 0 spiro atoms. The van der Waals surface area contributed by atoms with Gasteiger partial charge in [0.15, 0.2) is 18.1 Å². The second-order valence-corrected chi connectivity index (χ2v) is 6.49. The molecule has 0 aliphatic carbocycles. The Hall–Kier alpha value is -1.92. The Morgan fingerprint density at radius 3 is 2.67 bits per heavy atom. The summed E-state index contributed by atoms with van der Waals surface area (Å²) in [5.41, 5.74) is 1.49. The lowest BCUT2D eigenvalue weighted by atomic mass is 10.2. The van der Waals surface area contributed by atoms with Crippen LogP contribution < -0.4 is 19.5 Å². The fourth-order valence-electron chi connectivity index (χ4n) is 2.20. The Morgan fingerprint density at radius 2 is 1.96 bits per heavy atom. The summed E-state index contributed by atoms with van der Waals surface area (Å²) in [6.07, 6.45) is 0. The van der Waals surface area contributed by atoms with Crippen LogP contribution in [0.2, 0.25) is 5.02 Å². The van der Waals surface area contributed by atoms with Crippen molar-refractivity contribution in [2.24, 2.45) is 0 Å². The number of hydrogen-bond acceptors (Lipinski definition) is 4. The fourth-order valence-corrected chi connectivity index (χ4v) is 2.74. The minimum atomic E-state index is -0.278. The SMILES string of the molecule is Cc1cc(OCC(=O)Nc2cc3c(cc2Br)OCCO3)ccc1Cl. The number of carbonyl (C=O) groups excluding carboxylic acids is 1. The third-order valence-electron chi connectivity index (χ3n) is 3.41. The number of aryl methyl sites for hydroxylation is 1. The van der Waals surface area contributed by atoms with Crippen LogP contribution in [0.1, 0.15) is 5.56 Å². The molecule has 126 valence electrons. The fraction of sp³-hybridized carbons (Fsp3) is 0.235. The van der Waals surface area contributed by atoms with Crippen LogP contribution in [0.15, 0.2) is 34.8 Å². The average molecular weight is 413 g/mol. The molecule has 0 bridgehead atoms. The van der Waals surface area contributed by atoms with Crippen molar-refractivity contribution < 1.29 is 19.0 Å². The molecule has 0 fully saturated rings. The summed E-state index contributed by atoms with van der Waals surface area (Å²) in [6.45, 7) is 2.77. The van der Waals surface area contributed by atoms with Crippen LogP contribution in [0.4, 0.5) is 5.69 Å². The molecule has 1 heterocycles. The lowest BCUT2D eigenvalue weighted by Crippen LogP contribution is -2.21. The number of rotatable bonds is 4. The highest BCUT2D eigenvalue weighted by molar-refractivity contribution is 9.10. The topological polar surface area (TPSA) is 56.8 Å². The van der Waals surface area contributed by atoms with Gasteiger partial charge < -0.3 is 19.5 Å². The second-order valence-electron chi connectivity index (χ2n) is 5.22. The van der Waals surface area contributed by atoms with Crippen LogP contribution in [0, 0.1) is 6.92 Å². The first-order chi connectivity index (χ1) is 11.5. The van der Waals surface area contributed by atoms with Crippen molar-refractivity contribution in [1.82, 2.24) is 0 Å². The van der Waals surface area contributed by atoms with Crippen molar-refractivity contribution in [1.29, 1.82) is 0 Å². The Morgan fingerprint density at radius 1 is 1.25 bits per heavy atom. The summed E-state index contributed by atoms with van der Waals surface area (Å²) in [5, 5.41) is 3.44. The molecular weight excluding hydrogens is 398 g/mol. The quantitative estimate of drug-likeness (QED) is 0.818. The van der Waals surface area contributed by atoms with Gasteiger partial charge in [0.05, 0.1) is 5.69 Å². The van der Waals surface area contributed by atoms with Crippen molar-refractivity contribution in [3.63, 3.8) is 0 Å². The van der Waals surface area contributed by atoms with E-state index in [1.165, 1.54) is 0 Å². The molecule has 24 heavy (non-hydrogen) atoms. The van der Waals surface area contributed by atoms with Crippen LogP contribution >= 0.6 is 27.5 Å². The van der Waals surface area contributed by atoms with Gasteiger partial charge in [0.2, 0.25) is 0 Å². The lowest BCUT2D eigenvalue weighted by Gasteiger charge is -2.20. The molecule has 1 N–H and O–H groups in total. The van der Waals surface area contributed by atoms with Crippen molar-refractivity contribution in [2.45, 2.75) is 6.92 Å². The average Bonchev–Trinajstić information content (AvgIpc) is 2.56. The maximum absolute atomic E-state index is 12.1. The number of fused-ring (bicyclic) bond motifs is 1. The first-order valence-electron chi connectivity index (χ1n) is 7.31.